The summed E-state index contributed by atoms with van der Waals surface area (Å²) < 4.78 is 11.8. The number of aromatic hydroxyl groups is 1. The lowest BCUT2D eigenvalue weighted by atomic mass is 9.54. The van der Waals surface area contributed by atoms with Gasteiger partial charge in [0.05, 0.1) is 6.61 Å². The molecule has 228 valence electrons. The van der Waals surface area contributed by atoms with Gasteiger partial charge in [0.25, 0.3) is 5.91 Å². The van der Waals surface area contributed by atoms with E-state index in [0.29, 0.717) is 46.4 Å². The molecule has 43 heavy (non-hydrogen) atoms. The number of ether oxygens (including phenoxy) is 1. The van der Waals surface area contributed by atoms with Gasteiger partial charge in [-0.15, -0.1) is 0 Å². The number of aryl methyl sites for hydroxylation is 1. The van der Waals surface area contributed by atoms with Crippen molar-refractivity contribution in [1.29, 1.82) is 0 Å². The molecule has 2 aromatic carbocycles. The predicted octanol–water partition coefficient (Wildman–Crippen LogP) is 7.29. The SMILES string of the molecule is CC(C)=CCc1cc(C(=O)Nc2cc3ccc(OCCCNC45CCC6CCC(CC6C4)C5)c(C)c3oc2=O)ccc1O. The Kier molecular flexibility index (Phi) is 8.36. The average molecular weight is 585 g/mol. The van der Waals surface area contributed by atoms with Crippen LogP contribution in [0.2, 0.25) is 0 Å². The number of rotatable bonds is 10. The Hall–Kier alpha value is -3.58. The molecule has 3 N–H and O–H groups in total. The van der Waals surface area contributed by atoms with Crippen molar-refractivity contribution in [3.63, 3.8) is 0 Å². The Labute approximate surface area is 253 Å². The number of carbonyl (C=O) groups excluding carboxylic acids is 1. The summed E-state index contributed by atoms with van der Waals surface area (Å²) in [6, 6.07) is 10.1. The third kappa shape index (κ3) is 6.37. The fraction of sp³-hybridized carbons (Fsp3) is 0.500. The first-order valence-corrected chi connectivity index (χ1v) is 15.9. The maximum Gasteiger partial charge on any atom is 0.360 e. The third-order valence-corrected chi connectivity index (χ3v) is 10.1. The molecule has 3 aliphatic carbocycles. The molecule has 1 heterocycles. The number of phenolic OH excluding ortho intramolecular Hbond substituents is 1. The predicted molar refractivity (Wildman–Crippen MR) is 170 cm³/mol. The second kappa shape index (κ2) is 12.2. The van der Waals surface area contributed by atoms with Crippen LogP contribution in [0.3, 0.4) is 0 Å². The van der Waals surface area contributed by atoms with Crippen molar-refractivity contribution in [2.75, 3.05) is 18.5 Å². The highest BCUT2D eigenvalue weighted by molar-refractivity contribution is 6.05. The minimum atomic E-state index is -0.625. The molecule has 6 rings (SSSR count). The second-order valence-corrected chi connectivity index (χ2v) is 13.4. The highest BCUT2D eigenvalue weighted by Crippen LogP contribution is 2.54. The number of allylic oxidation sites excluding steroid dienone is 2. The molecule has 0 aliphatic heterocycles. The maximum absolute atomic E-state index is 13.0. The van der Waals surface area contributed by atoms with Gasteiger partial charge in [-0.1, -0.05) is 18.1 Å². The number of nitrogens with one attached hydrogen (secondary N) is 2. The molecule has 0 spiro atoms. The lowest BCUT2D eigenvalue weighted by molar-refractivity contribution is -0.00438. The fourth-order valence-corrected chi connectivity index (χ4v) is 7.83. The highest BCUT2D eigenvalue weighted by Gasteiger charge is 2.48. The Morgan fingerprint density at radius 2 is 1.98 bits per heavy atom. The van der Waals surface area contributed by atoms with Gasteiger partial charge in [0, 0.05) is 22.1 Å². The zero-order valence-corrected chi connectivity index (χ0v) is 25.6. The van der Waals surface area contributed by atoms with Gasteiger partial charge < -0.3 is 24.9 Å². The van der Waals surface area contributed by atoms with Crippen LogP contribution in [0.5, 0.6) is 11.5 Å². The van der Waals surface area contributed by atoms with E-state index in [1.54, 1.807) is 12.1 Å². The Balaban J connectivity index is 1.06. The molecule has 3 aliphatic rings. The lowest BCUT2D eigenvalue weighted by Crippen LogP contribution is -2.56. The number of benzene rings is 2. The first kappa shape index (κ1) is 29.5. The monoisotopic (exact) mass is 584 g/mol. The zero-order valence-electron chi connectivity index (χ0n) is 25.6. The van der Waals surface area contributed by atoms with E-state index in [0.717, 1.165) is 41.9 Å². The summed E-state index contributed by atoms with van der Waals surface area (Å²) >= 11 is 0. The van der Waals surface area contributed by atoms with Crippen molar-refractivity contribution in [3.8, 4) is 11.5 Å². The number of hydrogen-bond donors (Lipinski definition) is 3. The molecular formula is C36H44N2O5. The summed E-state index contributed by atoms with van der Waals surface area (Å²) in [6.07, 6.45) is 13.2. The lowest BCUT2D eigenvalue weighted by Gasteiger charge is -2.55. The van der Waals surface area contributed by atoms with Gasteiger partial charge in [0.1, 0.15) is 22.8 Å². The van der Waals surface area contributed by atoms with E-state index < -0.39 is 11.5 Å². The molecular weight excluding hydrogens is 540 g/mol. The van der Waals surface area contributed by atoms with Crippen LogP contribution in [0.1, 0.15) is 86.7 Å². The Morgan fingerprint density at radius 3 is 2.81 bits per heavy atom. The van der Waals surface area contributed by atoms with Crippen LogP contribution in [-0.4, -0.2) is 29.7 Å². The zero-order chi connectivity index (χ0) is 30.1. The van der Waals surface area contributed by atoms with Gasteiger partial charge in [0.15, 0.2) is 0 Å². The van der Waals surface area contributed by atoms with Crippen LogP contribution in [0.4, 0.5) is 5.69 Å². The van der Waals surface area contributed by atoms with Crippen molar-refractivity contribution >= 4 is 22.6 Å². The van der Waals surface area contributed by atoms with Crippen LogP contribution in [-0.2, 0) is 6.42 Å². The second-order valence-electron chi connectivity index (χ2n) is 13.4. The summed E-state index contributed by atoms with van der Waals surface area (Å²) in [6.45, 7) is 7.38. The summed E-state index contributed by atoms with van der Waals surface area (Å²) in [5, 5.41) is 17.5. The topological polar surface area (TPSA) is 101 Å². The largest absolute Gasteiger partial charge is 0.508 e. The van der Waals surface area contributed by atoms with Crippen molar-refractivity contribution < 1.29 is 19.1 Å². The molecule has 3 saturated carbocycles. The summed E-state index contributed by atoms with van der Waals surface area (Å²) in [5.41, 5.74) is 3.11. The summed E-state index contributed by atoms with van der Waals surface area (Å²) in [5.74, 6) is 3.21. The minimum absolute atomic E-state index is 0.0656. The Bertz CT molecular complexity index is 1600. The number of anilines is 1. The minimum Gasteiger partial charge on any atom is -0.508 e. The van der Waals surface area contributed by atoms with E-state index >= 15 is 0 Å². The normalized spacial score (nSPS) is 24.1. The van der Waals surface area contributed by atoms with E-state index in [-0.39, 0.29) is 11.4 Å². The highest BCUT2D eigenvalue weighted by atomic mass is 16.5. The van der Waals surface area contributed by atoms with Gasteiger partial charge in [-0.3, -0.25) is 4.79 Å². The Morgan fingerprint density at radius 1 is 1.12 bits per heavy atom. The molecule has 4 unspecified atom stereocenters. The van der Waals surface area contributed by atoms with E-state index in [1.807, 2.05) is 39.0 Å². The molecule has 3 bridgehead atoms. The quantitative estimate of drug-likeness (QED) is 0.131. The smallest absolute Gasteiger partial charge is 0.360 e. The standard InChI is InChI=1S/C36H44N2O5/c1-22(2)5-7-26-18-28(9-11-31(26)39)34(40)38-30-19-27-10-12-32(23(3)33(27)43-35(30)41)42-16-4-15-37-36-14-13-25-8-6-24(20-36)17-29(25)21-36/h5,9-12,18-19,24-25,29,37,39H,4,6-8,13-17,20-21H2,1-3H3,(H,38,40). The van der Waals surface area contributed by atoms with Gasteiger partial charge in [-0.25, -0.2) is 4.79 Å². The summed E-state index contributed by atoms with van der Waals surface area (Å²) in [4.78, 5) is 25.8. The van der Waals surface area contributed by atoms with Crippen LogP contribution in [0.25, 0.3) is 11.0 Å². The summed E-state index contributed by atoms with van der Waals surface area (Å²) in [7, 11) is 0. The third-order valence-electron chi connectivity index (χ3n) is 10.1. The average Bonchev–Trinajstić information content (AvgIpc) is 2.97. The molecule has 3 aromatic rings. The van der Waals surface area contributed by atoms with Crippen molar-refractivity contribution in [2.24, 2.45) is 17.8 Å². The number of phenols is 1. The van der Waals surface area contributed by atoms with Crippen LogP contribution >= 0.6 is 0 Å². The molecule has 3 fully saturated rings. The van der Waals surface area contributed by atoms with E-state index in [1.165, 1.54) is 57.1 Å². The maximum atomic E-state index is 13.0. The molecule has 4 atom stereocenters. The van der Waals surface area contributed by atoms with Gasteiger partial charge >= 0.3 is 5.63 Å². The number of amides is 1. The number of carbonyl (C=O) groups is 1. The number of fused-ring (bicyclic) bond motifs is 3. The molecule has 0 saturated heterocycles. The van der Waals surface area contributed by atoms with Gasteiger partial charge in [-0.05, 0) is 138 Å². The van der Waals surface area contributed by atoms with Gasteiger partial charge in [0.2, 0.25) is 0 Å². The van der Waals surface area contributed by atoms with Gasteiger partial charge in [-0.2, -0.15) is 0 Å². The van der Waals surface area contributed by atoms with Crippen molar-refractivity contribution in [1.82, 2.24) is 5.32 Å². The fourth-order valence-electron chi connectivity index (χ4n) is 7.83. The van der Waals surface area contributed by atoms with Crippen molar-refractivity contribution in [3.05, 3.63) is 75.2 Å². The molecule has 1 amide bonds. The van der Waals surface area contributed by atoms with E-state index in [4.69, 9.17) is 9.15 Å². The van der Waals surface area contributed by atoms with Crippen LogP contribution in [0.15, 0.2) is 57.3 Å². The molecule has 1 aromatic heterocycles. The number of hydrogen-bond acceptors (Lipinski definition) is 6. The van der Waals surface area contributed by atoms with E-state index in [2.05, 4.69) is 10.6 Å². The van der Waals surface area contributed by atoms with Crippen molar-refractivity contribution in [2.45, 2.75) is 84.1 Å². The van der Waals surface area contributed by atoms with Crippen LogP contribution in [0, 0.1) is 24.7 Å². The first-order chi connectivity index (χ1) is 20.7. The molecule has 7 nitrogen and oxygen atoms in total. The van der Waals surface area contributed by atoms with E-state index in [9.17, 15) is 14.7 Å². The molecule has 0 radical (unpaired) electrons. The van der Waals surface area contributed by atoms with Crippen LogP contribution < -0.4 is 21.0 Å². The molecule has 7 heteroatoms. The first-order valence-electron chi connectivity index (χ1n) is 15.9.